The molecule has 1 aromatic rings. The fourth-order valence-corrected chi connectivity index (χ4v) is 1.38. The Morgan fingerprint density at radius 3 is 2.86 bits per heavy atom. The van der Waals surface area contributed by atoms with Gasteiger partial charge in [-0.2, -0.15) is 0 Å². The van der Waals surface area contributed by atoms with E-state index < -0.39 is 23.9 Å². The van der Waals surface area contributed by atoms with E-state index in [0.717, 1.165) is 6.07 Å². The van der Waals surface area contributed by atoms with Gasteiger partial charge in [-0.15, -0.1) is 0 Å². The van der Waals surface area contributed by atoms with Gasteiger partial charge in [-0.3, -0.25) is 0 Å². The van der Waals surface area contributed by atoms with Crippen LogP contribution in [0.5, 0.6) is 0 Å². The van der Waals surface area contributed by atoms with Crippen molar-refractivity contribution in [3.63, 3.8) is 0 Å². The van der Waals surface area contributed by atoms with Crippen molar-refractivity contribution in [2.45, 2.75) is 6.10 Å². The summed E-state index contributed by atoms with van der Waals surface area (Å²) in [6, 6.07) is 3.76. The van der Waals surface area contributed by atoms with E-state index in [9.17, 15) is 14.0 Å². The highest BCUT2D eigenvalue weighted by Crippen LogP contribution is 2.32. The van der Waals surface area contributed by atoms with Gasteiger partial charge in [-0.1, -0.05) is 6.07 Å². The van der Waals surface area contributed by atoms with Crippen LogP contribution in [-0.4, -0.2) is 17.0 Å². The van der Waals surface area contributed by atoms with E-state index in [1.165, 1.54) is 12.1 Å². The van der Waals surface area contributed by atoms with Crippen LogP contribution in [0.15, 0.2) is 18.2 Å². The first-order valence-corrected chi connectivity index (χ1v) is 3.83. The molecule has 0 aromatic heterocycles. The second-order valence-corrected chi connectivity index (χ2v) is 2.82. The largest absolute Gasteiger partial charge is 0.478 e. The summed E-state index contributed by atoms with van der Waals surface area (Å²) < 4.78 is 17.7. The zero-order valence-electron chi connectivity index (χ0n) is 6.86. The lowest BCUT2D eigenvalue weighted by atomic mass is 10.0. The van der Waals surface area contributed by atoms with Gasteiger partial charge in [0.05, 0.1) is 11.1 Å². The van der Waals surface area contributed by atoms with Gasteiger partial charge < -0.3 is 9.84 Å². The number of carbonyl (C=O) groups excluding carboxylic acids is 1. The number of halogens is 1. The summed E-state index contributed by atoms with van der Waals surface area (Å²) in [6.45, 7) is 0. The molecule has 0 fully saturated rings. The molecule has 1 aliphatic heterocycles. The number of fused-ring (bicyclic) bond motifs is 1. The predicted octanol–water partition coefficient (Wildman–Crippen LogP) is 1.12. The minimum Gasteiger partial charge on any atom is -0.478 e. The molecule has 14 heavy (non-hydrogen) atoms. The van der Waals surface area contributed by atoms with Crippen molar-refractivity contribution >= 4 is 11.9 Å². The topological polar surface area (TPSA) is 63.6 Å². The van der Waals surface area contributed by atoms with Crippen molar-refractivity contribution in [1.29, 1.82) is 0 Å². The number of ether oxygens (including phenoxy) is 1. The molecule has 0 spiro atoms. The van der Waals surface area contributed by atoms with Crippen LogP contribution in [0, 0.1) is 5.82 Å². The Bertz CT molecular complexity index is 427. The smallest absolute Gasteiger partial charge is 0.349 e. The first-order valence-electron chi connectivity index (χ1n) is 3.83. The summed E-state index contributed by atoms with van der Waals surface area (Å²) in [6.07, 6.45) is -1.52. The van der Waals surface area contributed by atoms with Gasteiger partial charge in [0, 0.05) is 0 Å². The van der Waals surface area contributed by atoms with Crippen LogP contribution in [0.1, 0.15) is 22.0 Å². The van der Waals surface area contributed by atoms with Crippen LogP contribution in [0.4, 0.5) is 4.39 Å². The van der Waals surface area contributed by atoms with Crippen LogP contribution in [0.2, 0.25) is 0 Å². The molecule has 0 saturated heterocycles. The Hall–Kier alpha value is -1.91. The summed E-state index contributed by atoms with van der Waals surface area (Å²) in [5, 5.41) is 8.66. The van der Waals surface area contributed by atoms with Gasteiger partial charge in [0.1, 0.15) is 5.82 Å². The summed E-state index contributed by atoms with van der Waals surface area (Å²) in [7, 11) is 0. The predicted molar refractivity (Wildman–Crippen MR) is 42.2 cm³/mol. The molecule has 72 valence electrons. The molecule has 0 amide bonds. The molecule has 5 heteroatoms. The monoisotopic (exact) mass is 196 g/mol. The van der Waals surface area contributed by atoms with E-state index in [-0.39, 0.29) is 11.1 Å². The second kappa shape index (κ2) is 2.80. The number of carboxylic acid groups (broad SMARTS) is 1. The molecule has 1 unspecified atom stereocenters. The summed E-state index contributed by atoms with van der Waals surface area (Å²) in [5.74, 6) is -2.91. The maximum Gasteiger partial charge on any atom is 0.349 e. The number of hydrogen-bond donors (Lipinski definition) is 1. The number of carboxylic acids is 1. The third kappa shape index (κ3) is 1.06. The average Bonchev–Trinajstić information content (AvgIpc) is 2.46. The summed E-state index contributed by atoms with van der Waals surface area (Å²) in [4.78, 5) is 21.7. The molecule has 0 aliphatic carbocycles. The molecule has 0 radical (unpaired) electrons. The van der Waals surface area contributed by atoms with Crippen LogP contribution < -0.4 is 0 Å². The van der Waals surface area contributed by atoms with Crippen LogP contribution in [0.3, 0.4) is 0 Å². The fourth-order valence-electron chi connectivity index (χ4n) is 1.38. The molecule has 1 atom stereocenters. The van der Waals surface area contributed by atoms with Crippen molar-refractivity contribution in [3.05, 3.63) is 35.1 Å². The van der Waals surface area contributed by atoms with Gasteiger partial charge in [0.15, 0.2) is 0 Å². The van der Waals surface area contributed by atoms with Crippen molar-refractivity contribution in [2.24, 2.45) is 0 Å². The molecule has 1 N–H and O–H groups in total. The highest BCUT2D eigenvalue weighted by molar-refractivity contribution is 5.98. The van der Waals surface area contributed by atoms with Crippen molar-refractivity contribution in [1.82, 2.24) is 0 Å². The summed E-state index contributed by atoms with van der Waals surface area (Å²) in [5.41, 5.74) is -0.206. The van der Waals surface area contributed by atoms with Gasteiger partial charge in [0.2, 0.25) is 6.10 Å². The van der Waals surface area contributed by atoms with Crippen LogP contribution in [0.25, 0.3) is 0 Å². The number of hydrogen-bond acceptors (Lipinski definition) is 3. The molecule has 0 bridgehead atoms. The zero-order chi connectivity index (χ0) is 10.3. The molecular weight excluding hydrogens is 191 g/mol. The number of cyclic esters (lactones) is 1. The van der Waals surface area contributed by atoms with Crippen LogP contribution >= 0.6 is 0 Å². The highest BCUT2D eigenvalue weighted by Gasteiger charge is 2.38. The molecular formula is C9H5FO4. The minimum absolute atomic E-state index is 0.0163. The van der Waals surface area contributed by atoms with Crippen molar-refractivity contribution < 1.29 is 23.8 Å². The maximum atomic E-state index is 13.2. The van der Waals surface area contributed by atoms with E-state index in [2.05, 4.69) is 4.74 Å². The van der Waals surface area contributed by atoms with Gasteiger partial charge in [-0.05, 0) is 12.1 Å². The number of benzene rings is 1. The molecule has 0 saturated carbocycles. The van der Waals surface area contributed by atoms with E-state index in [0.29, 0.717) is 0 Å². The molecule has 1 aliphatic rings. The van der Waals surface area contributed by atoms with Gasteiger partial charge >= 0.3 is 11.9 Å². The standard InChI is InChI=1S/C9H5FO4/c10-5-3-1-2-4-6(5)7(8(11)12)14-9(4)13/h1-3,7H,(H,11,12). The average molecular weight is 196 g/mol. The fraction of sp³-hybridized carbons (Fsp3) is 0.111. The van der Waals surface area contributed by atoms with E-state index in [4.69, 9.17) is 5.11 Å². The van der Waals surface area contributed by atoms with E-state index in [1.807, 2.05) is 0 Å². The first kappa shape index (κ1) is 8.68. The second-order valence-electron chi connectivity index (χ2n) is 2.82. The number of aliphatic carboxylic acids is 1. The van der Waals surface area contributed by atoms with Crippen molar-refractivity contribution in [2.75, 3.05) is 0 Å². The highest BCUT2D eigenvalue weighted by atomic mass is 19.1. The molecule has 4 nitrogen and oxygen atoms in total. The molecule has 1 heterocycles. The third-order valence-corrected chi connectivity index (χ3v) is 1.98. The number of carbonyl (C=O) groups is 2. The SMILES string of the molecule is O=C1OC(C(=O)O)c2c(F)cccc21. The number of rotatable bonds is 1. The van der Waals surface area contributed by atoms with Crippen LogP contribution in [-0.2, 0) is 9.53 Å². The van der Waals surface area contributed by atoms with Gasteiger partial charge in [-0.25, -0.2) is 14.0 Å². The van der Waals surface area contributed by atoms with Crippen molar-refractivity contribution in [3.8, 4) is 0 Å². The Kier molecular flexibility index (Phi) is 1.73. The lowest BCUT2D eigenvalue weighted by Crippen LogP contribution is -2.11. The van der Waals surface area contributed by atoms with E-state index >= 15 is 0 Å². The summed E-state index contributed by atoms with van der Waals surface area (Å²) >= 11 is 0. The normalized spacial score (nSPS) is 18.9. The molecule has 1 aromatic carbocycles. The Morgan fingerprint density at radius 1 is 1.50 bits per heavy atom. The van der Waals surface area contributed by atoms with E-state index in [1.54, 1.807) is 0 Å². The first-order chi connectivity index (χ1) is 6.61. The maximum absolute atomic E-state index is 13.2. The lowest BCUT2D eigenvalue weighted by Gasteiger charge is -2.04. The quantitative estimate of drug-likeness (QED) is 0.683. The Morgan fingerprint density at radius 2 is 2.21 bits per heavy atom. The third-order valence-electron chi connectivity index (χ3n) is 1.98. The lowest BCUT2D eigenvalue weighted by molar-refractivity contribution is -0.146. The van der Waals surface area contributed by atoms with Gasteiger partial charge in [0.25, 0.3) is 0 Å². The minimum atomic E-state index is -1.52. The Labute approximate surface area is 77.9 Å². The zero-order valence-corrected chi connectivity index (χ0v) is 6.86. The Balaban J connectivity index is 2.62. The molecule has 2 rings (SSSR count). The number of esters is 1.